The van der Waals surface area contributed by atoms with E-state index in [1.807, 2.05) is 16.7 Å². The molecule has 1 aromatic heterocycles. The largest absolute Gasteiger partial charge is 0.486 e. The summed E-state index contributed by atoms with van der Waals surface area (Å²) >= 11 is 0. The van der Waals surface area contributed by atoms with Crippen molar-refractivity contribution in [2.24, 2.45) is 0 Å². The number of ether oxygens (including phenoxy) is 2. The van der Waals surface area contributed by atoms with Gasteiger partial charge in [-0.25, -0.2) is 0 Å². The van der Waals surface area contributed by atoms with E-state index in [0.717, 1.165) is 17.5 Å². The Kier molecular flexibility index (Phi) is 3.47. The zero-order chi connectivity index (χ0) is 18.5. The maximum Gasteiger partial charge on any atom is 0.261 e. The van der Waals surface area contributed by atoms with Crippen LogP contribution in [0.5, 0.6) is 11.5 Å². The van der Waals surface area contributed by atoms with E-state index in [1.165, 1.54) is 0 Å². The fourth-order valence-corrected chi connectivity index (χ4v) is 3.90. The summed E-state index contributed by atoms with van der Waals surface area (Å²) in [6.45, 7) is 3.07. The average Bonchev–Trinajstić information content (AvgIpc) is 3.00. The number of rotatable bonds is 2. The topological polar surface area (TPSA) is 69.6 Å². The van der Waals surface area contributed by atoms with Gasteiger partial charge >= 0.3 is 0 Å². The molecule has 6 heteroatoms. The number of para-hydroxylation sites is 1. The number of benzene rings is 2. The normalized spacial score (nSPS) is 17.1. The van der Waals surface area contributed by atoms with Crippen LogP contribution in [0.3, 0.4) is 0 Å². The van der Waals surface area contributed by atoms with Crippen molar-refractivity contribution in [1.82, 2.24) is 4.57 Å². The number of hydrogen-bond donors (Lipinski definition) is 1. The summed E-state index contributed by atoms with van der Waals surface area (Å²) in [4.78, 5) is 25.8. The van der Waals surface area contributed by atoms with Crippen molar-refractivity contribution in [2.45, 2.75) is 19.4 Å². The van der Waals surface area contributed by atoms with E-state index < -0.39 is 5.91 Å². The number of fused-ring (bicyclic) bond motifs is 1. The van der Waals surface area contributed by atoms with Gasteiger partial charge in [-0.1, -0.05) is 12.1 Å². The molecule has 0 spiro atoms. The van der Waals surface area contributed by atoms with Crippen LogP contribution in [-0.4, -0.2) is 23.7 Å². The number of carbonyl (C=O) groups is 1. The molecule has 5 rings (SSSR count). The van der Waals surface area contributed by atoms with Crippen molar-refractivity contribution in [1.29, 1.82) is 0 Å². The first-order chi connectivity index (χ1) is 13.1. The van der Waals surface area contributed by atoms with Gasteiger partial charge in [0.05, 0.1) is 5.52 Å². The highest BCUT2D eigenvalue weighted by molar-refractivity contribution is 6.06. The molecule has 3 aromatic rings. The van der Waals surface area contributed by atoms with Gasteiger partial charge < -0.3 is 19.4 Å². The number of hydrogen-bond acceptors (Lipinski definition) is 4. The van der Waals surface area contributed by atoms with Gasteiger partial charge in [0, 0.05) is 29.4 Å². The molecule has 1 unspecified atom stereocenters. The molecule has 0 bridgehead atoms. The fourth-order valence-electron chi connectivity index (χ4n) is 3.90. The molecule has 27 heavy (non-hydrogen) atoms. The van der Waals surface area contributed by atoms with Gasteiger partial charge in [-0.2, -0.15) is 0 Å². The molecule has 1 amide bonds. The van der Waals surface area contributed by atoms with E-state index in [0.29, 0.717) is 35.8 Å². The highest BCUT2D eigenvalue weighted by Gasteiger charge is 2.24. The van der Waals surface area contributed by atoms with Crippen molar-refractivity contribution in [2.75, 3.05) is 18.5 Å². The highest BCUT2D eigenvalue weighted by Crippen LogP contribution is 2.33. The Labute approximate surface area is 155 Å². The molecule has 0 saturated heterocycles. The quantitative estimate of drug-likeness (QED) is 0.760. The molecule has 0 saturated carbocycles. The van der Waals surface area contributed by atoms with E-state index in [1.54, 1.807) is 30.5 Å². The van der Waals surface area contributed by atoms with Gasteiger partial charge in [-0.3, -0.25) is 9.59 Å². The van der Waals surface area contributed by atoms with E-state index in [9.17, 15) is 9.59 Å². The molecule has 1 N–H and O–H groups in total. The molecular formula is C21H18N2O4. The lowest BCUT2D eigenvalue weighted by Crippen LogP contribution is -2.24. The zero-order valence-corrected chi connectivity index (χ0v) is 14.8. The minimum Gasteiger partial charge on any atom is -0.486 e. The number of anilines is 1. The summed E-state index contributed by atoms with van der Waals surface area (Å²) < 4.78 is 13.1. The second-order valence-electron chi connectivity index (χ2n) is 6.96. The van der Waals surface area contributed by atoms with Gasteiger partial charge in [0.1, 0.15) is 18.8 Å². The molecule has 0 radical (unpaired) electrons. The Morgan fingerprint density at radius 2 is 1.96 bits per heavy atom. The third-order valence-corrected chi connectivity index (χ3v) is 5.17. The second kappa shape index (κ2) is 5.87. The number of amides is 1. The van der Waals surface area contributed by atoms with Crippen molar-refractivity contribution in [3.63, 3.8) is 0 Å². The molecule has 0 fully saturated rings. The maximum atomic E-state index is 12.9. The van der Waals surface area contributed by atoms with E-state index in [-0.39, 0.29) is 17.0 Å². The lowest BCUT2D eigenvalue weighted by atomic mass is 10.1. The van der Waals surface area contributed by atoms with E-state index >= 15 is 0 Å². The number of aromatic nitrogens is 1. The Hall–Kier alpha value is -3.28. The molecule has 2 aliphatic rings. The van der Waals surface area contributed by atoms with Crippen LogP contribution >= 0.6 is 0 Å². The predicted octanol–water partition coefficient (Wildman–Crippen LogP) is 3.14. The van der Waals surface area contributed by atoms with Crippen LogP contribution < -0.4 is 20.2 Å². The molecule has 2 aromatic carbocycles. The smallest absolute Gasteiger partial charge is 0.261 e. The Bertz CT molecular complexity index is 1150. The van der Waals surface area contributed by atoms with Crippen LogP contribution in [0.1, 0.15) is 28.9 Å². The van der Waals surface area contributed by atoms with E-state index in [4.69, 9.17) is 9.47 Å². The summed E-state index contributed by atoms with van der Waals surface area (Å²) in [7, 11) is 0. The van der Waals surface area contributed by atoms with Crippen LogP contribution in [0.25, 0.3) is 10.9 Å². The third kappa shape index (κ3) is 2.48. The SMILES string of the molecule is CC1Cc2cccc3c(=O)c(C(=O)Nc4ccc5c(c4)OCCO5)cn1c23. The minimum absolute atomic E-state index is 0.142. The average molecular weight is 362 g/mol. The first-order valence-electron chi connectivity index (χ1n) is 8.99. The Morgan fingerprint density at radius 3 is 2.81 bits per heavy atom. The van der Waals surface area contributed by atoms with Crippen molar-refractivity contribution in [3.05, 3.63) is 63.9 Å². The first-order valence-corrected chi connectivity index (χ1v) is 8.99. The number of nitrogens with one attached hydrogen (secondary N) is 1. The summed E-state index contributed by atoms with van der Waals surface area (Å²) in [6, 6.07) is 11.1. The molecule has 0 aliphatic carbocycles. The zero-order valence-electron chi connectivity index (χ0n) is 14.8. The predicted molar refractivity (Wildman–Crippen MR) is 102 cm³/mol. The van der Waals surface area contributed by atoms with Crippen molar-refractivity contribution < 1.29 is 14.3 Å². The van der Waals surface area contributed by atoms with Gasteiger partial charge in [0.15, 0.2) is 11.5 Å². The lowest BCUT2D eigenvalue weighted by Gasteiger charge is -2.19. The molecule has 3 heterocycles. The van der Waals surface area contributed by atoms with Crippen LogP contribution in [0.15, 0.2) is 47.4 Å². The van der Waals surface area contributed by atoms with Gasteiger partial charge in [-0.15, -0.1) is 0 Å². The summed E-state index contributed by atoms with van der Waals surface area (Å²) in [5.41, 5.74) is 2.55. The summed E-state index contributed by atoms with van der Waals surface area (Å²) in [6.07, 6.45) is 2.54. The van der Waals surface area contributed by atoms with Crippen molar-refractivity contribution in [3.8, 4) is 11.5 Å². The van der Waals surface area contributed by atoms with E-state index in [2.05, 4.69) is 12.2 Å². The Balaban J connectivity index is 1.54. The second-order valence-corrected chi connectivity index (χ2v) is 6.96. The number of pyridine rings is 1. The van der Waals surface area contributed by atoms with Crippen LogP contribution in [0, 0.1) is 0 Å². The Morgan fingerprint density at radius 1 is 1.15 bits per heavy atom. The number of nitrogens with zero attached hydrogens (tertiary/aromatic N) is 1. The van der Waals surface area contributed by atoms with Crippen LogP contribution in [-0.2, 0) is 6.42 Å². The van der Waals surface area contributed by atoms with Gasteiger partial charge in [0.25, 0.3) is 5.91 Å². The third-order valence-electron chi connectivity index (χ3n) is 5.17. The molecule has 6 nitrogen and oxygen atoms in total. The van der Waals surface area contributed by atoms with Gasteiger partial charge in [0.2, 0.25) is 5.43 Å². The van der Waals surface area contributed by atoms with Crippen molar-refractivity contribution >= 4 is 22.5 Å². The first kappa shape index (κ1) is 15.9. The molecule has 2 aliphatic heterocycles. The summed E-state index contributed by atoms with van der Waals surface area (Å²) in [5.74, 6) is 0.817. The molecule has 1 atom stereocenters. The summed E-state index contributed by atoms with van der Waals surface area (Å²) in [5, 5.41) is 3.40. The highest BCUT2D eigenvalue weighted by atomic mass is 16.6. The minimum atomic E-state index is -0.424. The standard InChI is InChI=1S/C21H18N2O4/c1-12-9-13-3-2-4-15-19(13)23(12)11-16(20(15)24)21(25)22-14-5-6-17-18(10-14)27-8-7-26-17/h2-6,10-12H,7-9H2,1H3,(H,22,25). The number of carbonyl (C=O) groups excluding carboxylic acids is 1. The fraction of sp³-hybridized carbons (Fsp3) is 0.238. The molecular weight excluding hydrogens is 344 g/mol. The maximum absolute atomic E-state index is 12.9. The monoisotopic (exact) mass is 362 g/mol. The van der Waals surface area contributed by atoms with Gasteiger partial charge in [-0.05, 0) is 37.1 Å². The molecule has 136 valence electrons. The van der Waals surface area contributed by atoms with Crippen LogP contribution in [0.2, 0.25) is 0 Å². The lowest BCUT2D eigenvalue weighted by molar-refractivity contribution is 0.102. The van der Waals surface area contributed by atoms with Crippen LogP contribution in [0.4, 0.5) is 5.69 Å².